The Balaban J connectivity index is 0.589. The van der Waals surface area contributed by atoms with Crippen LogP contribution in [0.5, 0.6) is 0 Å². The van der Waals surface area contributed by atoms with Crippen LogP contribution in [-0.4, -0.2) is 43.4 Å². The van der Waals surface area contributed by atoms with Crippen molar-refractivity contribution in [1.82, 2.24) is 0 Å². The van der Waals surface area contributed by atoms with Crippen molar-refractivity contribution in [2.75, 3.05) is 26.4 Å². The molecule has 0 radical (unpaired) electrons. The van der Waals surface area contributed by atoms with Crippen LogP contribution in [0.25, 0.3) is 0 Å². The SMILES string of the molecule is CCCOP(=O)(O)OC[C@@H](COC(=O)CCCCCCC[C@@H]1C[C@H]2[C@@H]3[C@H]4[C@@H]5CC[C@@H]5[C@H]4[C@@H]3[C@@H]12)OCCCCCCCC[C@@H]1CC[C@H]2[C@@H](C1)[C@@H]1[C@H]3CC[C@H]3[C@H]21. The maximum atomic E-state index is 12.6. The Morgan fingerprint density at radius 3 is 1.93 bits per heavy atom. The number of phosphoric ester groups is 1. The second-order valence-electron chi connectivity index (χ2n) is 20.5. The highest BCUT2D eigenvalue weighted by Gasteiger charge is 2.79. The molecule has 306 valence electrons. The first kappa shape index (κ1) is 39.0. The van der Waals surface area contributed by atoms with Crippen molar-refractivity contribution < 1.29 is 32.8 Å². The summed E-state index contributed by atoms with van der Waals surface area (Å²) in [7, 11) is -4.16. The fourth-order valence-electron chi connectivity index (χ4n) is 15.5. The van der Waals surface area contributed by atoms with Gasteiger partial charge >= 0.3 is 13.8 Å². The highest BCUT2D eigenvalue weighted by molar-refractivity contribution is 7.47. The molecule has 9 aliphatic carbocycles. The van der Waals surface area contributed by atoms with Crippen LogP contribution < -0.4 is 0 Å². The first-order chi connectivity index (χ1) is 26.4. The number of ether oxygens (including phenoxy) is 2. The highest BCUT2D eigenvalue weighted by Crippen LogP contribution is 2.84. The van der Waals surface area contributed by atoms with E-state index < -0.39 is 13.9 Å². The molecule has 0 bridgehead atoms. The molecule has 0 aromatic heterocycles. The lowest BCUT2D eigenvalue weighted by Crippen LogP contribution is -2.80. The predicted molar refractivity (Wildman–Crippen MR) is 210 cm³/mol. The normalized spacial score (nSPS) is 43.9. The monoisotopic (exact) mass is 771 g/mol. The van der Waals surface area contributed by atoms with E-state index in [-0.39, 0.29) is 25.8 Å². The van der Waals surface area contributed by atoms with E-state index in [1.807, 2.05) is 6.92 Å². The van der Waals surface area contributed by atoms with Crippen LogP contribution in [0.3, 0.4) is 0 Å². The molecule has 0 heterocycles. The van der Waals surface area contributed by atoms with Crippen LogP contribution in [0.15, 0.2) is 0 Å². The average Bonchev–Trinajstić information content (AvgIpc) is 3.13. The molecule has 0 aliphatic heterocycles. The summed E-state index contributed by atoms with van der Waals surface area (Å²) in [4.78, 5) is 22.6. The van der Waals surface area contributed by atoms with Crippen molar-refractivity contribution >= 4 is 13.8 Å². The van der Waals surface area contributed by atoms with Crippen LogP contribution >= 0.6 is 7.82 Å². The predicted octanol–water partition coefficient (Wildman–Crippen LogP) is 11.0. The van der Waals surface area contributed by atoms with Crippen molar-refractivity contribution in [1.29, 1.82) is 0 Å². The van der Waals surface area contributed by atoms with E-state index in [9.17, 15) is 14.3 Å². The topological polar surface area (TPSA) is 91.3 Å². The molecule has 7 nitrogen and oxygen atoms in total. The van der Waals surface area contributed by atoms with Gasteiger partial charge in [0.15, 0.2) is 0 Å². The molecule has 9 aliphatic rings. The zero-order valence-electron chi connectivity index (χ0n) is 33.8. The van der Waals surface area contributed by atoms with Gasteiger partial charge in [-0.1, -0.05) is 84.0 Å². The summed E-state index contributed by atoms with van der Waals surface area (Å²) in [6.45, 7) is 2.45. The van der Waals surface area contributed by atoms with Crippen LogP contribution in [-0.2, 0) is 27.9 Å². The van der Waals surface area contributed by atoms with E-state index >= 15 is 0 Å². The van der Waals surface area contributed by atoms with E-state index in [0.717, 1.165) is 96.7 Å². The van der Waals surface area contributed by atoms with E-state index in [0.29, 0.717) is 19.4 Å². The van der Waals surface area contributed by atoms with Gasteiger partial charge in [0.05, 0.1) is 13.2 Å². The molecule has 0 spiro atoms. The third-order valence-corrected chi connectivity index (χ3v) is 19.2. The van der Waals surface area contributed by atoms with Gasteiger partial charge in [0.25, 0.3) is 0 Å². The van der Waals surface area contributed by atoms with E-state index in [1.165, 1.54) is 101 Å². The third kappa shape index (κ3) is 7.49. The van der Waals surface area contributed by atoms with Gasteiger partial charge in [0, 0.05) is 13.0 Å². The Hall–Kier alpha value is -0.460. The number of unbranched alkanes of at least 4 members (excludes halogenated alkanes) is 9. The van der Waals surface area contributed by atoms with Crippen LogP contribution in [0, 0.1) is 94.7 Å². The maximum absolute atomic E-state index is 12.6. The lowest BCUT2D eigenvalue weighted by Gasteiger charge is -2.85. The smallest absolute Gasteiger partial charge is 0.463 e. The summed E-state index contributed by atoms with van der Waals surface area (Å²) in [5.74, 6) is 17.9. The first-order valence-electron chi connectivity index (χ1n) is 23.8. The summed E-state index contributed by atoms with van der Waals surface area (Å²) in [5.41, 5.74) is 0. The van der Waals surface area contributed by atoms with Gasteiger partial charge in [-0.2, -0.15) is 0 Å². The lowest BCUT2D eigenvalue weighted by atomic mass is 9.20. The minimum absolute atomic E-state index is 0.0342. The molecule has 1 N–H and O–H groups in total. The van der Waals surface area contributed by atoms with Crippen molar-refractivity contribution in [2.24, 2.45) is 94.7 Å². The van der Waals surface area contributed by atoms with Gasteiger partial charge in [-0.3, -0.25) is 13.8 Å². The number of hydrogen-bond acceptors (Lipinski definition) is 6. The minimum atomic E-state index is -4.16. The molecular formula is C46H75O7P. The summed E-state index contributed by atoms with van der Waals surface area (Å²) in [6, 6.07) is 0. The van der Waals surface area contributed by atoms with Crippen molar-refractivity contribution in [3.63, 3.8) is 0 Å². The van der Waals surface area contributed by atoms with E-state index in [1.54, 1.807) is 32.1 Å². The fourth-order valence-corrected chi connectivity index (χ4v) is 16.3. The second kappa shape index (κ2) is 17.0. The van der Waals surface area contributed by atoms with Crippen LogP contribution in [0.1, 0.15) is 155 Å². The van der Waals surface area contributed by atoms with Crippen molar-refractivity contribution in [2.45, 2.75) is 161 Å². The number of phosphoric acid groups is 1. The number of carbonyl (C=O) groups is 1. The van der Waals surface area contributed by atoms with Crippen molar-refractivity contribution in [3.05, 3.63) is 0 Å². The molecule has 9 rings (SSSR count). The largest absolute Gasteiger partial charge is 0.472 e. The minimum Gasteiger partial charge on any atom is -0.463 e. The summed E-state index contributed by atoms with van der Waals surface area (Å²) in [6.07, 6.45) is 28.7. The van der Waals surface area contributed by atoms with Gasteiger partial charge in [-0.15, -0.1) is 0 Å². The molecule has 0 aromatic rings. The summed E-state index contributed by atoms with van der Waals surface area (Å²) >= 11 is 0. The Kier molecular flexibility index (Phi) is 12.3. The molecule has 9 saturated carbocycles. The number of hydrogen-bond donors (Lipinski definition) is 1. The van der Waals surface area contributed by atoms with E-state index in [4.69, 9.17) is 18.5 Å². The molecule has 0 aromatic carbocycles. The standard InChI is InChI=1S/C46H75O7P/c1-2-23-52-54(48,49)53-28-31(50-24-13-9-4-3-6-10-14-29-17-18-36-37(25-29)42-33-20-19-32(33)41(36)42)27-51-39(47)16-12-8-5-7-11-15-30-26-38-40(30)46-44-35-22-21-34(35)43(44)45(38)46/h29-38,40-46H,2-28H2,1H3,(H,48,49)/t29-,30-,31-,32-,33+,34-,35+,36+,37-,38-,40+,41-,42+,43+,44-,45-,46+/m1/s1. The molecule has 9 fully saturated rings. The highest BCUT2D eigenvalue weighted by atomic mass is 31.2. The third-order valence-electron chi connectivity index (χ3n) is 18.2. The Morgan fingerprint density at radius 2 is 1.19 bits per heavy atom. The Morgan fingerprint density at radius 1 is 0.593 bits per heavy atom. The molecule has 0 amide bonds. The number of esters is 1. The quantitative estimate of drug-likeness (QED) is 0.0405. The van der Waals surface area contributed by atoms with Gasteiger partial charge < -0.3 is 14.4 Å². The number of carbonyl (C=O) groups excluding carboxylic acids is 1. The van der Waals surface area contributed by atoms with Gasteiger partial charge in [0.1, 0.15) is 12.7 Å². The maximum Gasteiger partial charge on any atom is 0.472 e. The number of rotatable bonds is 26. The molecule has 8 heteroatoms. The van der Waals surface area contributed by atoms with Gasteiger partial charge in [0.2, 0.25) is 0 Å². The van der Waals surface area contributed by atoms with Crippen LogP contribution in [0.4, 0.5) is 0 Å². The van der Waals surface area contributed by atoms with E-state index in [2.05, 4.69) is 0 Å². The van der Waals surface area contributed by atoms with Gasteiger partial charge in [-0.25, -0.2) is 4.57 Å². The molecule has 54 heavy (non-hydrogen) atoms. The summed E-state index contributed by atoms with van der Waals surface area (Å²) in [5, 5.41) is 0. The summed E-state index contributed by atoms with van der Waals surface area (Å²) < 4.78 is 34.1. The lowest BCUT2D eigenvalue weighted by molar-refractivity contribution is -0.375. The van der Waals surface area contributed by atoms with Crippen molar-refractivity contribution in [3.8, 4) is 0 Å². The molecule has 0 saturated heterocycles. The number of fused-ring (bicyclic) bond motifs is 17. The average molecular weight is 771 g/mol. The molecule has 1 unspecified atom stereocenters. The Bertz CT molecular complexity index is 1310. The van der Waals surface area contributed by atoms with Crippen LogP contribution in [0.2, 0.25) is 0 Å². The zero-order valence-corrected chi connectivity index (χ0v) is 34.6. The van der Waals surface area contributed by atoms with Gasteiger partial charge in [-0.05, 0) is 159 Å². The molecule has 18 atom stereocenters. The fraction of sp³-hybridized carbons (Fsp3) is 0.978. The second-order valence-corrected chi connectivity index (χ2v) is 22.0. The Labute approximate surface area is 327 Å². The molecular weight excluding hydrogens is 695 g/mol. The first-order valence-corrected chi connectivity index (χ1v) is 25.3. The zero-order chi connectivity index (χ0) is 36.8.